The van der Waals surface area contributed by atoms with Crippen molar-refractivity contribution in [3.05, 3.63) is 59.2 Å². The second-order valence-electron chi connectivity index (χ2n) is 5.34. The highest BCUT2D eigenvalue weighted by Crippen LogP contribution is 2.24. The number of aryl methyl sites for hydroxylation is 2. The van der Waals surface area contributed by atoms with Gasteiger partial charge in [-0.1, -0.05) is 12.1 Å². The number of amides is 1. The number of carbonyl (C=O) groups excluding carboxylic acids is 1. The number of aliphatic hydroxyl groups is 1. The molecular weight excluding hydrogens is 280 g/mol. The van der Waals surface area contributed by atoms with Crippen LogP contribution in [0.5, 0.6) is 0 Å². The maximum Gasteiger partial charge on any atom is 0.253 e. The summed E-state index contributed by atoms with van der Waals surface area (Å²) in [5.41, 5.74) is 3.58. The summed E-state index contributed by atoms with van der Waals surface area (Å²) in [4.78, 5) is 15.6. The molecule has 0 radical (unpaired) electrons. The number of nitrogens with one attached hydrogen (secondary N) is 2. The third kappa shape index (κ3) is 2.51. The van der Waals surface area contributed by atoms with E-state index in [0.717, 1.165) is 22.2 Å². The average Bonchev–Trinajstić information content (AvgIpc) is 3.14. The number of carbonyl (C=O) groups is 1. The number of para-hydroxylation sites is 1. The molecule has 0 fully saturated rings. The van der Waals surface area contributed by atoms with Gasteiger partial charge in [0.15, 0.2) is 0 Å². The van der Waals surface area contributed by atoms with Crippen molar-refractivity contribution in [1.82, 2.24) is 10.3 Å². The van der Waals surface area contributed by atoms with Crippen molar-refractivity contribution in [1.29, 1.82) is 0 Å². The minimum absolute atomic E-state index is 0.0986. The summed E-state index contributed by atoms with van der Waals surface area (Å²) in [5, 5.41) is 13.7. The van der Waals surface area contributed by atoms with Crippen LogP contribution in [-0.4, -0.2) is 22.5 Å². The number of hydrogen-bond acceptors (Lipinski definition) is 3. The molecule has 0 aliphatic rings. The van der Waals surface area contributed by atoms with E-state index >= 15 is 0 Å². The molecule has 0 saturated heterocycles. The Kier molecular flexibility index (Phi) is 3.73. The van der Waals surface area contributed by atoms with Crippen LogP contribution < -0.4 is 5.32 Å². The summed E-state index contributed by atoms with van der Waals surface area (Å²) in [6.07, 6.45) is 0.635. The molecule has 0 bridgehead atoms. The largest absolute Gasteiger partial charge is 0.467 e. The van der Waals surface area contributed by atoms with Crippen molar-refractivity contribution in [2.75, 3.05) is 6.54 Å². The summed E-state index contributed by atoms with van der Waals surface area (Å²) in [6.45, 7) is 4.11. The molecule has 3 aromatic rings. The van der Waals surface area contributed by atoms with Crippen molar-refractivity contribution >= 4 is 16.8 Å². The van der Waals surface area contributed by atoms with E-state index in [0.29, 0.717) is 11.3 Å². The zero-order chi connectivity index (χ0) is 15.7. The van der Waals surface area contributed by atoms with Crippen molar-refractivity contribution in [2.24, 2.45) is 0 Å². The van der Waals surface area contributed by atoms with Gasteiger partial charge in [0.25, 0.3) is 5.91 Å². The zero-order valence-corrected chi connectivity index (χ0v) is 12.5. The number of aromatic amines is 1. The molecule has 5 nitrogen and oxygen atoms in total. The van der Waals surface area contributed by atoms with E-state index in [-0.39, 0.29) is 12.5 Å². The van der Waals surface area contributed by atoms with Crippen LogP contribution in [0.4, 0.5) is 0 Å². The summed E-state index contributed by atoms with van der Waals surface area (Å²) in [5.74, 6) is 0.211. The molecule has 2 aromatic heterocycles. The summed E-state index contributed by atoms with van der Waals surface area (Å²) >= 11 is 0. The molecule has 5 heteroatoms. The molecule has 3 N–H and O–H groups in total. The Hall–Kier alpha value is -2.53. The molecule has 0 aliphatic carbocycles. The van der Waals surface area contributed by atoms with Crippen LogP contribution in [0, 0.1) is 13.8 Å². The lowest BCUT2D eigenvalue weighted by molar-refractivity contribution is 0.0902. The quantitative estimate of drug-likeness (QED) is 0.693. The van der Waals surface area contributed by atoms with Crippen molar-refractivity contribution in [2.45, 2.75) is 20.0 Å². The Morgan fingerprint density at radius 1 is 1.32 bits per heavy atom. The number of aliphatic hydroxyl groups excluding tert-OH is 1. The topological polar surface area (TPSA) is 78.3 Å². The predicted octanol–water partition coefficient (Wildman–Crippen LogP) is 2.84. The van der Waals surface area contributed by atoms with Gasteiger partial charge in [-0.05, 0) is 37.6 Å². The van der Waals surface area contributed by atoms with Gasteiger partial charge in [-0.15, -0.1) is 0 Å². The molecule has 1 atom stereocenters. The molecule has 0 saturated carbocycles. The first kappa shape index (κ1) is 14.4. The van der Waals surface area contributed by atoms with E-state index in [4.69, 9.17) is 4.42 Å². The van der Waals surface area contributed by atoms with E-state index in [2.05, 4.69) is 10.3 Å². The Balaban J connectivity index is 1.79. The van der Waals surface area contributed by atoms with Gasteiger partial charge in [-0.2, -0.15) is 0 Å². The highest BCUT2D eigenvalue weighted by molar-refractivity contribution is 6.06. The van der Waals surface area contributed by atoms with Crippen LogP contribution in [-0.2, 0) is 0 Å². The minimum Gasteiger partial charge on any atom is -0.467 e. The Bertz CT molecular complexity index is 803. The van der Waals surface area contributed by atoms with Crippen LogP contribution in [0.25, 0.3) is 10.9 Å². The van der Waals surface area contributed by atoms with Gasteiger partial charge in [-0.25, -0.2) is 0 Å². The molecule has 2 heterocycles. The number of furan rings is 1. The SMILES string of the molecule is Cc1[nH]c2c(C(=O)NC[C@@H](O)c3ccco3)cccc2c1C. The van der Waals surface area contributed by atoms with Crippen LogP contribution >= 0.6 is 0 Å². The van der Waals surface area contributed by atoms with Gasteiger partial charge in [0, 0.05) is 11.1 Å². The van der Waals surface area contributed by atoms with Gasteiger partial charge in [0.1, 0.15) is 11.9 Å². The number of fused-ring (bicyclic) bond motifs is 1. The normalized spacial score (nSPS) is 12.5. The van der Waals surface area contributed by atoms with Gasteiger partial charge in [0.2, 0.25) is 0 Å². The maximum absolute atomic E-state index is 12.4. The monoisotopic (exact) mass is 298 g/mol. The van der Waals surface area contributed by atoms with Crippen molar-refractivity contribution in [3.63, 3.8) is 0 Å². The van der Waals surface area contributed by atoms with Crippen LogP contribution in [0.1, 0.15) is 33.5 Å². The standard InChI is InChI=1S/C17H18N2O3/c1-10-11(2)19-16-12(10)5-3-6-13(16)17(21)18-9-14(20)15-7-4-8-22-15/h3-8,14,19-20H,9H2,1-2H3,(H,18,21)/t14-/m1/s1. The van der Waals surface area contributed by atoms with Crippen molar-refractivity contribution in [3.8, 4) is 0 Å². The summed E-state index contributed by atoms with van der Waals surface area (Å²) in [7, 11) is 0. The summed E-state index contributed by atoms with van der Waals surface area (Å²) in [6, 6.07) is 9.00. The Labute approximate surface area is 128 Å². The van der Waals surface area contributed by atoms with Gasteiger partial charge < -0.3 is 19.8 Å². The highest BCUT2D eigenvalue weighted by atomic mass is 16.4. The van der Waals surface area contributed by atoms with Crippen molar-refractivity contribution < 1.29 is 14.3 Å². The molecule has 1 amide bonds. The number of aromatic nitrogens is 1. The fourth-order valence-corrected chi connectivity index (χ4v) is 2.54. The van der Waals surface area contributed by atoms with E-state index in [1.165, 1.54) is 6.26 Å². The molecular formula is C17H18N2O3. The zero-order valence-electron chi connectivity index (χ0n) is 12.5. The molecule has 0 spiro atoms. The maximum atomic E-state index is 12.4. The van der Waals surface area contributed by atoms with E-state index < -0.39 is 6.10 Å². The van der Waals surface area contributed by atoms with E-state index in [1.807, 2.05) is 26.0 Å². The number of H-pyrrole nitrogens is 1. The Morgan fingerprint density at radius 3 is 2.86 bits per heavy atom. The second kappa shape index (κ2) is 5.69. The number of rotatable bonds is 4. The lowest BCUT2D eigenvalue weighted by Gasteiger charge is -2.10. The lowest BCUT2D eigenvalue weighted by atomic mass is 10.1. The molecule has 0 aliphatic heterocycles. The molecule has 0 unspecified atom stereocenters. The fourth-order valence-electron chi connectivity index (χ4n) is 2.54. The average molecular weight is 298 g/mol. The first-order valence-electron chi connectivity index (χ1n) is 7.15. The smallest absolute Gasteiger partial charge is 0.253 e. The first-order valence-corrected chi connectivity index (χ1v) is 7.15. The summed E-state index contributed by atoms with van der Waals surface area (Å²) < 4.78 is 5.12. The number of benzene rings is 1. The van der Waals surface area contributed by atoms with Gasteiger partial charge in [0.05, 0.1) is 23.9 Å². The second-order valence-corrected chi connectivity index (χ2v) is 5.34. The number of hydrogen-bond donors (Lipinski definition) is 3. The Morgan fingerprint density at radius 2 is 2.14 bits per heavy atom. The van der Waals surface area contributed by atoms with Crippen LogP contribution in [0.15, 0.2) is 41.0 Å². The molecule has 22 heavy (non-hydrogen) atoms. The molecule has 114 valence electrons. The third-order valence-electron chi connectivity index (χ3n) is 3.92. The van der Waals surface area contributed by atoms with Crippen LogP contribution in [0.3, 0.4) is 0 Å². The fraction of sp³-hybridized carbons (Fsp3) is 0.235. The molecule has 3 rings (SSSR count). The van der Waals surface area contributed by atoms with Gasteiger partial charge >= 0.3 is 0 Å². The van der Waals surface area contributed by atoms with E-state index in [1.54, 1.807) is 18.2 Å². The van der Waals surface area contributed by atoms with Crippen LogP contribution in [0.2, 0.25) is 0 Å². The third-order valence-corrected chi connectivity index (χ3v) is 3.92. The van der Waals surface area contributed by atoms with Gasteiger partial charge in [-0.3, -0.25) is 4.79 Å². The van der Waals surface area contributed by atoms with E-state index in [9.17, 15) is 9.90 Å². The predicted molar refractivity (Wildman–Crippen MR) is 83.8 cm³/mol. The highest BCUT2D eigenvalue weighted by Gasteiger charge is 2.16. The minimum atomic E-state index is -0.856. The lowest BCUT2D eigenvalue weighted by Crippen LogP contribution is -2.28. The first-order chi connectivity index (χ1) is 10.6. The molecule has 1 aromatic carbocycles.